The highest BCUT2D eigenvalue weighted by Crippen LogP contribution is 2.51. The molecule has 16 aromatic rings. The Labute approximate surface area is 778 Å². The number of sulfonamides is 2. The smallest absolute Gasteiger partial charge is 0.264 e. The Balaban J connectivity index is 0.000000138. The normalized spacial score (nSPS) is 12.8. The number of nitrogens with zero attached hydrogens (tertiary/aromatic N) is 8. The number of hydrogen-bond donors (Lipinski definition) is 2. The Hall–Kier alpha value is -13.9. The number of rotatable bonds is 22. The number of aromatic hydroxyl groups is 1. The van der Waals surface area contributed by atoms with Crippen LogP contribution in [0.25, 0.3) is 32.7 Å². The van der Waals surface area contributed by atoms with Crippen molar-refractivity contribution in [3.63, 3.8) is 0 Å². The van der Waals surface area contributed by atoms with E-state index in [1.54, 1.807) is 82.9 Å². The molecule has 0 radical (unpaired) electrons. The molecule has 0 fully saturated rings. The van der Waals surface area contributed by atoms with Crippen molar-refractivity contribution in [3.8, 4) is 17.2 Å². The minimum absolute atomic E-state index is 0.00599. The minimum Gasteiger partial charge on any atom is -0.505 e. The summed E-state index contributed by atoms with van der Waals surface area (Å²) < 4.78 is 133. The van der Waals surface area contributed by atoms with E-state index in [2.05, 4.69) is 20.3 Å². The van der Waals surface area contributed by atoms with Crippen LogP contribution in [0.3, 0.4) is 0 Å². The van der Waals surface area contributed by atoms with Gasteiger partial charge in [-0.05, 0) is 185 Å². The molecule has 0 saturated heterocycles. The van der Waals surface area contributed by atoms with Gasteiger partial charge >= 0.3 is 0 Å². The number of benzene rings is 13. The lowest BCUT2D eigenvalue weighted by molar-refractivity contribution is 0.0755. The van der Waals surface area contributed by atoms with Gasteiger partial charge in [0, 0.05) is 143 Å². The standard InChI is InChI=1S/C38H29ClFN3O4S.C32H26FN3O2.C25H19ClFN3O4S.C6H4Cl2O2S/c1-42(48(45,46)30-20-16-28(39)17-21-30)35-31-13-8-22-41-34(31)37(47-36(26-9-4-2-5-10-26)27-11-6-3-7-12-27)33-32(35)24-43(38(33)44)23-25-14-18-29(40)19-15-25;1-34-28-25-13-8-18-35-29(25)31(38-30(22-9-4-2-5-10-22)23-11-6-3-7-12-23)27-26(28)20-36(32(27)37)19-21-14-16-24(33)17-15-21;1-29(35(33,34)18-10-6-16(26)7-11-18)23-19-3-2-12-28-22(19)24(31)21-20(23)14-30(25(21)32)13-15-4-8-17(27)9-5-15;7-5-1-3-6(4-2-5)11(8,9)10/h2-22,36H,23-24H2,1H3;2-18,30,34H,19-20H2,1H3;2-12,31H,13-14H2,1H3;1-4H. The number of carbonyl (C=O) groups excluding carboxylic acids is 3. The predicted molar refractivity (Wildman–Crippen MR) is 506 cm³/mol. The number of anilines is 3. The molecule has 3 aliphatic rings. The average molecular weight is 1900 g/mol. The largest absolute Gasteiger partial charge is 0.505 e. The highest BCUT2D eigenvalue weighted by atomic mass is 35.7. The zero-order valence-corrected chi connectivity index (χ0v) is 75.9. The van der Waals surface area contributed by atoms with Crippen LogP contribution in [0.1, 0.15) is 98.9 Å². The van der Waals surface area contributed by atoms with Gasteiger partial charge in [-0.1, -0.05) is 193 Å². The number of nitrogens with one attached hydrogen (secondary N) is 1. The minimum atomic E-state index is -4.11. The number of carbonyl (C=O) groups is 3. The summed E-state index contributed by atoms with van der Waals surface area (Å²) in [6.45, 7) is 1.24. The zero-order valence-electron chi connectivity index (χ0n) is 70.4. The van der Waals surface area contributed by atoms with Crippen molar-refractivity contribution in [2.24, 2.45) is 0 Å². The summed E-state index contributed by atoms with van der Waals surface area (Å²) in [5, 5.41) is 17.3. The highest BCUT2D eigenvalue weighted by molar-refractivity contribution is 8.13. The first-order valence-corrected chi connectivity index (χ1v) is 47.4. The molecule has 0 aliphatic carbocycles. The molecule has 0 atom stereocenters. The molecular formula is C101H78Cl4F3N9O12S3. The van der Waals surface area contributed by atoms with Gasteiger partial charge in [0.05, 0.1) is 42.8 Å². The van der Waals surface area contributed by atoms with E-state index < -0.39 is 53.0 Å². The number of phenolic OH excluding ortho intramolecular Hbond substituents is 1. The molecule has 0 unspecified atom stereocenters. The summed E-state index contributed by atoms with van der Waals surface area (Å²) in [6.07, 6.45) is 3.72. The number of amides is 3. The van der Waals surface area contributed by atoms with Crippen molar-refractivity contribution in [1.29, 1.82) is 0 Å². The Morgan fingerprint density at radius 3 is 1.03 bits per heavy atom. The van der Waals surface area contributed by atoms with Crippen LogP contribution in [0.15, 0.2) is 337 Å². The molecule has 0 bridgehead atoms. The third-order valence-corrected chi connectivity index (χ3v) is 28.2. The van der Waals surface area contributed by atoms with Crippen molar-refractivity contribution >= 4 is 142 Å². The second kappa shape index (κ2) is 39.0. The summed E-state index contributed by atoms with van der Waals surface area (Å²) in [5.74, 6) is -1.61. The second-order valence-electron chi connectivity index (χ2n) is 30.8. The molecule has 666 valence electrons. The van der Waals surface area contributed by atoms with Crippen molar-refractivity contribution in [2.45, 2.75) is 66.2 Å². The van der Waals surface area contributed by atoms with Crippen LogP contribution in [-0.2, 0) is 68.4 Å². The Bertz CT molecular complexity index is 7330. The average Bonchev–Trinajstić information content (AvgIpc) is 1.50. The SMILES string of the molecule is CN(c1c2c(c(O)c3ncccc13)C(=O)N(Cc1ccc(F)cc1)C2)S(=O)(=O)c1ccc(Cl)cc1.CN(c1c2c(c(OC(c3ccccc3)c3ccccc3)c3ncccc13)C(=O)N(Cc1ccc(F)cc1)C2)S(=O)(=O)c1ccc(Cl)cc1.CNc1c2c(c(OC(c3ccccc3)c3ccccc3)c3ncccc13)C(=O)N(Cc1ccc(F)cc1)C2.O=S(=O)(Cl)c1ccc(Cl)cc1. The van der Waals surface area contributed by atoms with Crippen LogP contribution in [-0.4, -0.2) is 98.9 Å². The summed E-state index contributed by atoms with van der Waals surface area (Å²) in [5.41, 5.74) is 11.0. The Morgan fingerprint density at radius 1 is 0.386 bits per heavy atom. The molecule has 21 nitrogen and oxygen atoms in total. The number of pyridine rings is 3. The van der Waals surface area contributed by atoms with Gasteiger partial charge in [0.15, 0.2) is 17.2 Å². The molecule has 31 heteroatoms. The first-order chi connectivity index (χ1) is 63.5. The quantitative estimate of drug-likeness (QED) is 0.0598. The van der Waals surface area contributed by atoms with E-state index in [1.807, 2.05) is 141 Å². The lowest BCUT2D eigenvalue weighted by atomic mass is 9.99. The summed E-state index contributed by atoms with van der Waals surface area (Å²) in [4.78, 5) is 60.4. The van der Waals surface area contributed by atoms with Gasteiger partial charge in [-0.3, -0.25) is 37.9 Å². The van der Waals surface area contributed by atoms with E-state index in [4.69, 9.17) is 55.0 Å². The number of fused-ring (bicyclic) bond motifs is 6. The van der Waals surface area contributed by atoms with Crippen molar-refractivity contribution in [3.05, 3.63) is 427 Å². The molecule has 0 spiro atoms. The fraction of sp³-hybridized carbons (Fsp3) is 0.109. The van der Waals surface area contributed by atoms with Crippen LogP contribution in [0.2, 0.25) is 15.1 Å². The monoisotopic (exact) mass is 1900 g/mol. The van der Waals surface area contributed by atoms with Gasteiger partial charge in [0.1, 0.15) is 46.2 Å². The van der Waals surface area contributed by atoms with E-state index >= 15 is 0 Å². The summed E-state index contributed by atoms with van der Waals surface area (Å²) in [6, 6.07) is 85.3. The number of halogens is 7. The maximum atomic E-state index is 14.5. The number of ether oxygens (including phenoxy) is 2. The fourth-order valence-electron chi connectivity index (χ4n) is 16.2. The number of hydrogen-bond acceptors (Lipinski definition) is 16. The van der Waals surface area contributed by atoms with Gasteiger partial charge in [-0.15, -0.1) is 0 Å². The van der Waals surface area contributed by atoms with E-state index in [9.17, 15) is 57.9 Å². The van der Waals surface area contributed by atoms with Crippen LogP contribution >= 0.6 is 45.5 Å². The molecule has 2 N–H and O–H groups in total. The van der Waals surface area contributed by atoms with Gasteiger partial charge in [-0.25, -0.2) is 38.4 Å². The van der Waals surface area contributed by atoms with Gasteiger partial charge in [0.2, 0.25) is 0 Å². The Morgan fingerprint density at radius 2 is 0.682 bits per heavy atom. The van der Waals surface area contributed by atoms with Crippen LogP contribution in [0, 0.1) is 17.5 Å². The summed E-state index contributed by atoms with van der Waals surface area (Å²) >= 11 is 17.5. The maximum Gasteiger partial charge on any atom is 0.264 e. The third-order valence-electron chi connectivity index (χ3n) is 22.5. The molecule has 3 aromatic heterocycles. The van der Waals surface area contributed by atoms with Crippen LogP contribution in [0.5, 0.6) is 17.2 Å². The van der Waals surface area contributed by atoms with Crippen molar-refractivity contribution in [1.82, 2.24) is 29.7 Å². The molecule has 3 amide bonds. The lowest BCUT2D eigenvalue weighted by Crippen LogP contribution is -2.28. The second-order valence-corrected chi connectivity index (χ2v) is 38.6. The highest BCUT2D eigenvalue weighted by Gasteiger charge is 2.43. The fourth-order valence-corrected chi connectivity index (χ4v) is 19.8. The Kier molecular flexibility index (Phi) is 27.0. The summed E-state index contributed by atoms with van der Waals surface area (Å²) in [7, 11) is -1.99. The van der Waals surface area contributed by atoms with Crippen molar-refractivity contribution in [2.75, 3.05) is 35.1 Å². The van der Waals surface area contributed by atoms with Gasteiger partial charge < -0.3 is 34.6 Å². The first-order valence-electron chi connectivity index (χ1n) is 41.0. The zero-order chi connectivity index (χ0) is 92.9. The molecule has 3 aliphatic heterocycles. The molecule has 132 heavy (non-hydrogen) atoms. The molecule has 19 rings (SSSR count). The van der Waals surface area contributed by atoms with Gasteiger partial charge in [0.25, 0.3) is 46.8 Å². The third kappa shape index (κ3) is 19.2. The lowest BCUT2D eigenvalue weighted by Gasteiger charge is -2.27. The number of phenols is 1. The first kappa shape index (κ1) is 91.4. The molecular weight excluding hydrogens is 1830 g/mol. The van der Waals surface area contributed by atoms with Crippen LogP contribution in [0.4, 0.5) is 30.2 Å². The number of aromatic nitrogens is 3. The van der Waals surface area contributed by atoms with E-state index in [0.29, 0.717) is 83.7 Å². The van der Waals surface area contributed by atoms with E-state index in [-0.39, 0.29) is 98.1 Å². The predicted octanol–water partition coefficient (Wildman–Crippen LogP) is 21.9. The van der Waals surface area contributed by atoms with Crippen molar-refractivity contribution < 1.29 is 67.4 Å². The molecule has 0 saturated carbocycles. The molecule has 6 heterocycles. The topological polar surface area (TPSA) is 259 Å². The molecule has 13 aromatic carbocycles. The van der Waals surface area contributed by atoms with Crippen LogP contribution < -0.4 is 23.4 Å². The van der Waals surface area contributed by atoms with E-state index in [0.717, 1.165) is 54.3 Å². The van der Waals surface area contributed by atoms with E-state index in [1.165, 1.54) is 139 Å². The van der Waals surface area contributed by atoms with Gasteiger partial charge in [-0.2, -0.15) is 0 Å². The maximum absolute atomic E-state index is 14.5.